The molecule has 0 aliphatic carbocycles. The molecule has 1 aromatic rings. The smallest absolute Gasteiger partial charge is 0.344 e. The van der Waals surface area contributed by atoms with E-state index in [1.54, 1.807) is 6.92 Å². The first-order valence-electron chi connectivity index (χ1n) is 7.53. The molecule has 6 nitrogen and oxygen atoms in total. The molecule has 0 spiro atoms. The van der Waals surface area contributed by atoms with E-state index in [2.05, 4.69) is 21.5 Å². The second-order valence-corrected chi connectivity index (χ2v) is 6.17. The zero-order valence-corrected chi connectivity index (χ0v) is 13.5. The van der Waals surface area contributed by atoms with Gasteiger partial charge in [0.25, 0.3) is 0 Å². The van der Waals surface area contributed by atoms with Crippen molar-refractivity contribution in [1.82, 2.24) is 9.27 Å². The van der Waals surface area contributed by atoms with E-state index in [0.29, 0.717) is 17.2 Å². The summed E-state index contributed by atoms with van der Waals surface area (Å²) in [5, 5.41) is 4.06. The van der Waals surface area contributed by atoms with Crippen LogP contribution in [0.25, 0.3) is 0 Å². The van der Waals surface area contributed by atoms with E-state index in [1.807, 2.05) is 0 Å². The summed E-state index contributed by atoms with van der Waals surface area (Å²) in [7, 11) is 0. The summed E-state index contributed by atoms with van der Waals surface area (Å²) in [6, 6.07) is 0.233. The zero-order chi connectivity index (χ0) is 15.2. The van der Waals surface area contributed by atoms with Crippen molar-refractivity contribution in [2.24, 2.45) is 0 Å². The number of anilines is 2. The highest BCUT2D eigenvalue weighted by Crippen LogP contribution is 2.28. The van der Waals surface area contributed by atoms with Crippen molar-refractivity contribution < 1.29 is 9.53 Å². The molecular weight excluding hydrogens is 288 g/mol. The van der Waals surface area contributed by atoms with Gasteiger partial charge < -0.3 is 20.7 Å². The molecule has 1 saturated heterocycles. The second kappa shape index (κ2) is 7.61. The fourth-order valence-electron chi connectivity index (χ4n) is 2.60. The van der Waals surface area contributed by atoms with Crippen LogP contribution >= 0.6 is 11.5 Å². The van der Waals surface area contributed by atoms with Gasteiger partial charge in [-0.15, -0.1) is 0 Å². The Morgan fingerprint density at radius 1 is 1.48 bits per heavy atom. The Morgan fingerprint density at radius 2 is 2.19 bits per heavy atom. The lowest BCUT2D eigenvalue weighted by atomic mass is 10.1. The maximum Gasteiger partial charge on any atom is 0.344 e. The van der Waals surface area contributed by atoms with E-state index in [0.717, 1.165) is 19.6 Å². The predicted octanol–water partition coefficient (Wildman–Crippen LogP) is 2.19. The van der Waals surface area contributed by atoms with Gasteiger partial charge in [-0.25, -0.2) is 4.79 Å². The Bertz CT molecular complexity index is 472. The minimum absolute atomic E-state index is 0.233. The number of hydrogen-bond acceptors (Lipinski definition) is 7. The number of ether oxygens (including phenoxy) is 1. The first-order valence-corrected chi connectivity index (χ1v) is 8.30. The van der Waals surface area contributed by atoms with Crippen LogP contribution in [-0.2, 0) is 4.74 Å². The van der Waals surface area contributed by atoms with Crippen molar-refractivity contribution in [3.8, 4) is 0 Å². The molecule has 2 heterocycles. The Kier molecular flexibility index (Phi) is 5.81. The lowest BCUT2D eigenvalue weighted by molar-refractivity contribution is 0.0529. The van der Waals surface area contributed by atoms with Gasteiger partial charge in [0.05, 0.1) is 6.61 Å². The lowest BCUT2D eigenvalue weighted by Crippen LogP contribution is -2.38. The van der Waals surface area contributed by atoms with Crippen LogP contribution in [0, 0.1) is 0 Å². The van der Waals surface area contributed by atoms with Crippen molar-refractivity contribution in [2.45, 2.75) is 39.2 Å². The highest BCUT2D eigenvalue weighted by molar-refractivity contribution is 7.11. The maximum atomic E-state index is 11.9. The van der Waals surface area contributed by atoms with E-state index in [4.69, 9.17) is 10.5 Å². The van der Waals surface area contributed by atoms with Crippen molar-refractivity contribution >= 4 is 28.3 Å². The molecule has 0 aromatic carbocycles. The molecule has 2 rings (SSSR count). The standard InChI is InChI=1S/C14H24N4O2S/c1-3-20-14(19)11-12(15)17-21-13(11)16-10(2)9-18-7-5-4-6-8-18/h10,16H,3-9H2,1-2H3,(H2,15,17). The molecule has 0 amide bonds. The van der Waals surface area contributed by atoms with Gasteiger partial charge in [0.15, 0.2) is 5.82 Å². The van der Waals surface area contributed by atoms with E-state index >= 15 is 0 Å². The number of nitrogens with two attached hydrogens (primary N) is 1. The minimum Gasteiger partial charge on any atom is -0.462 e. The summed E-state index contributed by atoms with van der Waals surface area (Å²) < 4.78 is 9.10. The first kappa shape index (κ1) is 16.0. The quantitative estimate of drug-likeness (QED) is 0.784. The topological polar surface area (TPSA) is 80.5 Å². The monoisotopic (exact) mass is 312 g/mol. The van der Waals surface area contributed by atoms with E-state index in [1.165, 1.54) is 30.8 Å². The molecule has 3 N–H and O–H groups in total. The van der Waals surface area contributed by atoms with Gasteiger partial charge >= 0.3 is 5.97 Å². The van der Waals surface area contributed by atoms with Gasteiger partial charge in [-0.05, 0) is 51.3 Å². The number of nitrogen functional groups attached to an aromatic ring is 1. The largest absolute Gasteiger partial charge is 0.462 e. The molecule has 1 aromatic heterocycles. The summed E-state index contributed by atoms with van der Waals surface area (Å²) in [5.74, 6) is -0.164. The van der Waals surface area contributed by atoms with Crippen LogP contribution < -0.4 is 11.1 Å². The minimum atomic E-state index is -0.406. The summed E-state index contributed by atoms with van der Waals surface area (Å²) in [6.07, 6.45) is 3.87. The fraction of sp³-hybridized carbons (Fsp3) is 0.714. The van der Waals surface area contributed by atoms with Gasteiger partial charge in [-0.2, -0.15) is 4.37 Å². The molecular formula is C14H24N4O2S. The number of nitrogens with one attached hydrogen (secondary N) is 1. The highest BCUT2D eigenvalue weighted by Gasteiger charge is 2.22. The lowest BCUT2D eigenvalue weighted by Gasteiger charge is -2.29. The summed E-state index contributed by atoms with van der Waals surface area (Å²) >= 11 is 1.22. The van der Waals surface area contributed by atoms with Gasteiger partial charge in [0.1, 0.15) is 10.6 Å². The molecule has 0 saturated carbocycles. The molecule has 1 atom stereocenters. The third kappa shape index (κ3) is 4.31. The van der Waals surface area contributed by atoms with Crippen LogP contribution in [0.15, 0.2) is 0 Å². The molecule has 1 unspecified atom stereocenters. The Labute approximate surface area is 129 Å². The normalized spacial score (nSPS) is 17.4. The van der Waals surface area contributed by atoms with Crippen LogP contribution in [-0.4, -0.2) is 47.5 Å². The number of rotatable bonds is 6. The van der Waals surface area contributed by atoms with Crippen molar-refractivity contribution in [3.63, 3.8) is 0 Å². The van der Waals surface area contributed by atoms with E-state index in [-0.39, 0.29) is 11.9 Å². The third-order valence-electron chi connectivity index (χ3n) is 3.56. The molecule has 0 radical (unpaired) electrons. The summed E-state index contributed by atoms with van der Waals surface area (Å²) in [6.45, 7) is 7.49. The van der Waals surface area contributed by atoms with Gasteiger partial charge in [-0.1, -0.05) is 6.42 Å². The third-order valence-corrected chi connectivity index (χ3v) is 4.35. The number of piperidine rings is 1. The van der Waals surface area contributed by atoms with Crippen LogP contribution in [0.5, 0.6) is 0 Å². The van der Waals surface area contributed by atoms with Gasteiger partial charge in [0.2, 0.25) is 0 Å². The number of carbonyl (C=O) groups is 1. The Balaban J connectivity index is 1.96. The Hall–Kier alpha value is -1.34. The molecule has 1 aliphatic rings. The fourth-order valence-corrected chi connectivity index (χ4v) is 3.41. The number of nitrogens with zero attached hydrogens (tertiary/aromatic N) is 2. The number of likely N-dealkylation sites (tertiary alicyclic amines) is 1. The summed E-state index contributed by atoms with van der Waals surface area (Å²) in [4.78, 5) is 14.4. The molecule has 7 heteroatoms. The average Bonchev–Trinajstić information content (AvgIpc) is 2.81. The molecule has 1 aliphatic heterocycles. The van der Waals surface area contributed by atoms with E-state index in [9.17, 15) is 4.79 Å². The van der Waals surface area contributed by atoms with Crippen LogP contribution in [0.1, 0.15) is 43.5 Å². The van der Waals surface area contributed by atoms with Crippen LogP contribution in [0.4, 0.5) is 10.8 Å². The molecule has 118 valence electrons. The van der Waals surface area contributed by atoms with Gasteiger partial charge in [0, 0.05) is 12.6 Å². The molecule has 0 bridgehead atoms. The zero-order valence-electron chi connectivity index (χ0n) is 12.7. The number of esters is 1. The molecule has 1 fully saturated rings. The van der Waals surface area contributed by atoms with Crippen LogP contribution in [0.3, 0.4) is 0 Å². The SMILES string of the molecule is CCOC(=O)c1c(N)nsc1NC(C)CN1CCCCC1. The van der Waals surface area contributed by atoms with Crippen LogP contribution in [0.2, 0.25) is 0 Å². The average molecular weight is 312 g/mol. The predicted molar refractivity (Wildman–Crippen MR) is 85.9 cm³/mol. The highest BCUT2D eigenvalue weighted by atomic mass is 32.1. The number of carbonyl (C=O) groups excluding carboxylic acids is 1. The second-order valence-electron chi connectivity index (χ2n) is 5.40. The van der Waals surface area contributed by atoms with Crippen molar-refractivity contribution in [1.29, 1.82) is 0 Å². The van der Waals surface area contributed by atoms with Crippen molar-refractivity contribution in [3.05, 3.63) is 5.56 Å². The van der Waals surface area contributed by atoms with Crippen molar-refractivity contribution in [2.75, 3.05) is 37.3 Å². The molecule has 21 heavy (non-hydrogen) atoms. The summed E-state index contributed by atoms with van der Waals surface area (Å²) in [5.41, 5.74) is 6.15. The Morgan fingerprint density at radius 3 is 2.86 bits per heavy atom. The van der Waals surface area contributed by atoms with Gasteiger partial charge in [-0.3, -0.25) is 0 Å². The maximum absolute atomic E-state index is 11.9. The van der Waals surface area contributed by atoms with E-state index < -0.39 is 5.97 Å². The number of aromatic nitrogens is 1. The first-order chi connectivity index (χ1) is 10.1. The number of hydrogen-bond donors (Lipinski definition) is 2.